The van der Waals surface area contributed by atoms with Gasteiger partial charge in [-0.3, -0.25) is 4.90 Å². The first-order valence-electron chi connectivity index (χ1n) is 13.1. The minimum absolute atomic E-state index is 0.0396. The molecule has 4 nitrogen and oxygen atoms in total. The van der Waals surface area contributed by atoms with E-state index in [9.17, 15) is 4.39 Å². The van der Waals surface area contributed by atoms with E-state index in [1.165, 1.54) is 17.0 Å². The molecule has 3 heterocycles. The third-order valence-corrected chi connectivity index (χ3v) is 5.58. The Morgan fingerprint density at radius 3 is 3.04 bits per heavy atom. The van der Waals surface area contributed by atoms with Crippen molar-refractivity contribution in [2.75, 3.05) is 18.4 Å². The summed E-state index contributed by atoms with van der Waals surface area (Å²) in [5.74, 6) is -2.16. The van der Waals surface area contributed by atoms with Gasteiger partial charge in [0, 0.05) is 38.7 Å². The van der Waals surface area contributed by atoms with Crippen LogP contribution in [0.5, 0.6) is 0 Å². The Morgan fingerprint density at radius 2 is 2.32 bits per heavy atom. The molecule has 1 atom stereocenters. The Hall–Kier alpha value is -1.76. The Labute approximate surface area is 186 Å². The molecule has 0 bridgehead atoms. The first kappa shape index (κ1) is 11.4. The maximum Gasteiger partial charge on any atom is 0.162 e. The second-order valence-corrected chi connectivity index (χ2v) is 7.86. The maximum absolute atomic E-state index is 13.6. The van der Waals surface area contributed by atoms with Crippen LogP contribution in [0.2, 0.25) is 6.43 Å². The van der Waals surface area contributed by atoms with E-state index in [1.54, 1.807) is 13.8 Å². The van der Waals surface area contributed by atoms with Gasteiger partial charge in [0.25, 0.3) is 0 Å². The van der Waals surface area contributed by atoms with Crippen LogP contribution in [0.4, 0.5) is 10.2 Å². The fraction of sp³-hybridized carbons (Fsp3) is 0.429. The summed E-state index contributed by atoms with van der Waals surface area (Å²) in [5, 5.41) is 0.167. The van der Waals surface area contributed by atoms with Crippen molar-refractivity contribution in [3.8, 4) is 0 Å². The number of hydrogen-bond donors (Lipinski definition) is 1. The normalized spacial score (nSPS) is 27.1. The number of hydrogen-bond acceptors (Lipinski definition) is 5. The average molecular weight is 428 g/mol. The summed E-state index contributed by atoms with van der Waals surface area (Å²) in [6, 6.07) is 0.615. The van der Waals surface area contributed by atoms with Crippen LogP contribution >= 0.6 is 22.9 Å². The molecule has 1 aliphatic rings. The number of aromatic nitrogens is 2. The van der Waals surface area contributed by atoms with E-state index >= 15 is 0 Å². The molecular formula is C21H24ClFN4S. The lowest BCUT2D eigenvalue weighted by Gasteiger charge is -2.32. The Morgan fingerprint density at radius 1 is 1.54 bits per heavy atom. The van der Waals surface area contributed by atoms with Gasteiger partial charge in [-0.25, -0.2) is 14.4 Å². The molecule has 1 aromatic carbocycles. The van der Waals surface area contributed by atoms with E-state index in [4.69, 9.17) is 24.0 Å². The van der Waals surface area contributed by atoms with Crippen LogP contribution in [0.3, 0.4) is 0 Å². The maximum atomic E-state index is 13.6. The summed E-state index contributed by atoms with van der Waals surface area (Å²) in [6.07, 6.45) is -4.34. The van der Waals surface area contributed by atoms with Crippen LogP contribution in [0.1, 0.15) is 53.9 Å². The van der Waals surface area contributed by atoms with E-state index in [2.05, 4.69) is 9.97 Å². The lowest BCUT2D eigenvalue weighted by molar-refractivity contribution is 0.211. The van der Waals surface area contributed by atoms with Crippen molar-refractivity contribution in [1.82, 2.24) is 14.9 Å². The van der Waals surface area contributed by atoms with Gasteiger partial charge in [-0.05, 0) is 42.4 Å². The van der Waals surface area contributed by atoms with Gasteiger partial charge >= 0.3 is 0 Å². The van der Waals surface area contributed by atoms with Crippen molar-refractivity contribution in [1.29, 1.82) is 0 Å². The molecule has 1 aliphatic heterocycles. The van der Waals surface area contributed by atoms with Gasteiger partial charge in [0.05, 0.1) is 13.2 Å². The van der Waals surface area contributed by atoms with Gasteiger partial charge in [-0.15, -0.1) is 11.3 Å². The SMILES string of the molecule is [2H]c1c(C([2H])(C)C)sc2ncnc(N([2H])C3([2H])C([2H])([2H])CN(C([2H])c4ccc(F)c(Cl)c4)CC3([2H])[2H])c12. The fourth-order valence-electron chi connectivity index (χ4n) is 2.65. The number of likely N-dealkylation sites (tertiary alicyclic amines) is 1. The van der Waals surface area contributed by atoms with Gasteiger partial charge in [0.2, 0.25) is 0 Å². The number of benzene rings is 1. The van der Waals surface area contributed by atoms with Gasteiger partial charge in [-0.1, -0.05) is 31.5 Å². The summed E-state index contributed by atoms with van der Waals surface area (Å²) in [7, 11) is 0. The third-order valence-electron chi connectivity index (χ3n) is 4.08. The first-order valence-corrected chi connectivity index (χ1v) is 9.77. The standard InChI is InChI=1S/C21H24ClFN4S/c1-13(2)19-10-16-20(24-12-25-21(16)28-19)26-15-5-7-27(8-6-15)11-14-3-4-18(23)17(22)9-14/h3-4,9-10,12-13,15H,5-8,11H2,1-2H3,(H,24,25,26)/i5D2,6D2,10D,11D,13D,15D/hD. The lowest BCUT2D eigenvalue weighted by Crippen LogP contribution is -2.38. The summed E-state index contributed by atoms with van der Waals surface area (Å²) in [5.41, 5.74) is 0.221. The molecule has 0 spiro atoms. The van der Waals surface area contributed by atoms with Crippen molar-refractivity contribution < 1.29 is 16.8 Å². The molecule has 1 fully saturated rings. The number of halogens is 2. The van der Waals surface area contributed by atoms with Crippen LogP contribution in [0.25, 0.3) is 10.2 Å². The van der Waals surface area contributed by atoms with E-state index in [-0.39, 0.29) is 32.7 Å². The smallest absolute Gasteiger partial charge is 0.162 e. The van der Waals surface area contributed by atoms with Gasteiger partial charge in [-0.2, -0.15) is 0 Å². The summed E-state index contributed by atoms with van der Waals surface area (Å²) >= 11 is 6.89. The Balaban J connectivity index is 1.76. The number of anilines is 1. The van der Waals surface area contributed by atoms with Gasteiger partial charge in [0.1, 0.15) is 22.8 Å². The summed E-state index contributed by atoms with van der Waals surface area (Å²) < 4.78 is 91.6. The second kappa shape index (κ2) is 8.31. The molecule has 28 heavy (non-hydrogen) atoms. The van der Waals surface area contributed by atoms with Crippen molar-refractivity contribution >= 4 is 39.0 Å². The summed E-state index contributed by atoms with van der Waals surface area (Å²) in [6.45, 7) is 0.685. The number of piperidine rings is 1. The largest absolute Gasteiger partial charge is 0.367 e. The number of thiophene rings is 1. The molecule has 2 aromatic heterocycles. The van der Waals surface area contributed by atoms with E-state index in [0.717, 1.165) is 23.7 Å². The van der Waals surface area contributed by atoms with E-state index in [0.29, 0.717) is 10.2 Å². The molecule has 1 unspecified atom stereocenters. The van der Waals surface area contributed by atoms with Gasteiger partial charge in [0.15, 0.2) is 1.41 Å². The number of nitrogens with zero attached hydrogens (tertiary/aromatic N) is 3. The van der Waals surface area contributed by atoms with Gasteiger partial charge < -0.3 is 5.31 Å². The molecule has 148 valence electrons. The van der Waals surface area contributed by atoms with E-state index in [1.807, 2.05) is 0 Å². The lowest BCUT2D eigenvalue weighted by atomic mass is 10.0. The molecule has 0 aliphatic carbocycles. The zero-order valence-corrected chi connectivity index (χ0v) is 16.8. The molecule has 4 rings (SSSR count). The van der Waals surface area contributed by atoms with Crippen LogP contribution in [-0.4, -0.2) is 34.0 Å². The molecule has 1 N–H and O–H groups in total. The van der Waals surface area contributed by atoms with Crippen LogP contribution in [0.15, 0.2) is 30.6 Å². The summed E-state index contributed by atoms with van der Waals surface area (Å²) in [4.78, 5) is 9.93. The zero-order valence-electron chi connectivity index (χ0n) is 24.3. The van der Waals surface area contributed by atoms with Crippen LogP contribution in [-0.2, 0) is 6.52 Å². The Bertz CT molecular complexity index is 1330. The highest BCUT2D eigenvalue weighted by atomic mass is 35.5. The number of rotatable bonds is 5. The minimum atomic E-state index is -2.84. The first-order chi connectivity index (χ1) is 16.9. The monoisotopic (exact) mass is 427 g/mol. The molecule has 3 aromatic rings. The molecule has 0 radical (unpaired) electrons. The average Bonchev–Trinajstić information content (AvgIpc) is 3.15. The fourth-order valence-corrected chi connectivity index (χ4v) is 3.73. The molecule has 1 saturated heterocycles. The predicted molar refractivity (Wildman–Crippen MR) is 115 cm³/mol. The highest BCUT2D eigenvalue weighted by Crippen LogP contribution is 2.33. The van der Waals surface area contributed by atoms with Crippen molar-refractivity contribution in [3.63, 3.8) is 0 Å². The van der Waals surface area contributed by atoms with Crippen LogP contribution in [0, 0.1) is 5.82 Å². The van der Waals surface area contributed by atoms with Crippen molar-refractivity contribution in [2.45, 2.75) is 45.0 Å². The molecule has 0 amide bonds. The third kappa shape index (κ3) is 4.29. The zero-order chi connectivity index (χ0) is 27.7. The quantitative estimate of drug-likeness (QED) is 0.568. The molecular weight excluding hydrogens is 395 g/mol. The molecule has 7 heteroatoms. The van der Waals surface area contributed by atoms with E-state index < -0.39 is 50.1 Å². The number of nitrogens with one attached hydrogen (secondary N) is 1. The molecule has 0 saturated carbocycles. The van der Waals surface area contributed by atoms with Crippen molar-refractivity contribution in [2.24, 2.45) is 0 Å². The predicted octanol–water partition coefficient (Wildman–Crippen LogP) is 5.68. The van der Waals surface area contributed by atoms with Crippen molar-refractivity contribution in [3.05, 3.63) is 51.8 Å². The highest BCUT2D eigenvalue weighted by Gasteiger charge is 2.21. The number of fused-ring (bicyclic) bond motifs is 1. The second-order valence-electron chi connectivity index (χ2n) is 6.46. The minimum Gasteiger partial charge on any atom is -0.367 e. The topological polar surface area (TPSA) is 41.1 Å². The highest BCUT2D eigenvalue weighted by molar-refractivity contribution is 7.18. The Kier molecular flexibility index (Phi) is 3.39. The van der Waals surface area contributed by atoms with Crippen LogP contribution < -0.4 is 5.31 Å².